The van der Waals surface area contributed by atoms with E-state index in [1.54, 1.807) is 0 Å². The zero-order chi connectivity index (χ0) is 17.6. The van der Waals surface area contributed by atoms with E-state index in [1.165, 1.54) is 25.7 Å². The number of imide groups is 1. The molecule has 4 saturated carbocycles. The number of carbonyl (C=O) groups excluding carboxylic acids is 2. The SMILES string of the molecule is C[C@@H]1C[C@H](C)CN(CC(=O)NC(=O)NC23CC4CC(CC(C4)C2)C3)C1. The third-order valence-corrected chi connectivity index (χ3v) is 6.98. The van der Waals surface area contributed by atoms with Crippen LogP contribution in [0.15, 0.2) is 0 Å². The average Bonchev–Trinajstić information content (AvgIpc) is 2.42. The third-order valence-electron chi connectivity index (χ3n) is 6.98. The number of piperidine rings is 1. The molecule has 3 amide bonds. The summed E-state index contributed by atoms with van der Waals surface area (Å²) in [5.41, 5.74) is -0.0345. The second kappa shape index (κ2) is 6.57. The van der Waals surface area contributed by atoms with Gasteiger partial charge < -0.3 is 5.32 Å². The normalized spacial score (nSPS) is 43.0. The molecule has 0 aromatic heterocycles. The highest BCUT2D eigenvalue weighted by Gasteiger charge is 2.51. The van der Waals surface area contributed by atoms with Gasteiger partial charge in [-0.15, -0.1) is 0 Å². The Balaban J connectivity index is 1.28. The molecule has 2 atom stereocenters. The number of hydrogen-bond donors (Lipinski definition) is 2. The number of urea groups is 1. The lowest BCUT2D eigenvalue weighted by atomic mass is 9.53. The highest BCUT2D eigenvalue weighted by Crippen LogP contribution is 2.55. The molecule has 4 bridgehead atoms. The zero-order valence-corrected chi connectivity index (χ0v) is 15.7. The Morgan fingerprint density at radius 1 is 0.920 bits per heavy atom. The van der Waals surface area contributed by atoms with Gasteiger partial charge in [-0.25, -0.2) is 4.79 Å². The fraction of sp³-hybridized carbons (Fsp3) is 0.900. The number of hydrogen-bond acceptors (Lipinski definition) is 3. The van der Waals surface area contributed by atoms with Gasteiger partial charge in [0.2, 0.25) is 5.91 Å². The largest absolute Gasteiger partial charge is 0.332 e. The molecule has 25 heavy (non-hydrogen) atoms. The first-order valence-corrected chi connectivity index (χ1v) is 10.2. The summed E-state index contributed by atoms with van der Waals surface area (Å²) in [6.07, 6.45) is 8.63. The van der Waals surface area contributed by atoms with Crippen LogP contribution in [-0.2, 0) is 4.79 Å². The van der Waals surface area contributed by atoms with Crippen LogP contribution >= 0.6 is 0 Å². The number of likely N-dealkylation sites (tertiary alicyclic amines) is 1. The van der Waals surface area contributed by atoms with Gasteiger partial charge in [0.05, 0.1) is 6.54 Å². The molecule has 5 nitrogen and oxygen atoms in total. The van der Waals surface area contributed by atoms with E-state index < -0.39 is 0 Å². The summed E-state index contributed by atoms with van der Waals surface area (Å²) in [5, 5.41) is 5.82. The number of amides is 3. The first-order chi connectivity index (χ1) is 11.9. The molecule has 1 heterocycles. The van der Waals surface area contributed by atoms with Crippen molar-refractivity contribution in [1.82, 2.24) is 15.5 Å². The Kier molecular flexibility index (Phi) is 4.55. The van der Waals surface area contributed by atoms with E-state index in [0.29, 0.717) is 18.4 Å². The molecule has 1 aliphatic heterocycles. The van der Waals surface area contributed by atoms with Crippen molar-refractivity contribution in [2.24, 2.45) is 29.6 Å². The molecule has 0 aromatic carbocycles. The lowest BCUT2D eigenvalue weighted by Gasteiger charge is -2.56. The van der Waals surface area contributed by atoms with Crippen molar-refractivity contribution in [2.75, 3.05) is 19.6 Å². The molecule has 2 N–H and O–H groups in total. The maximum Gasteiger partial charge on any atom is 0.321 e. The minimum absolute atomic E-state index is 0.0345. The molecule has 5 fully saturated rings. The molecular formula is C20H33N3O2. The summed E-state index contributed by atoms with van der Waals surface area (Å²) in [6.45, 7) is 6.71. The lowest BCUT2D eigenvalue weighted by Crippen LogP contribution is -2.62. The topological polar surface area (TPSA) is 61.4 Å². The molecule has 0 radical (unpaired) electrons. The highest BCUT2D eigenvalue weighted by atomic mass is 16.2. The molecule has 5 heteroatoms. The quantitative estimate of drug-likeness (QED) is 0.825. The van der Waals surface area contributed by atoms with E-state index in [9.17, 15) is 9.59 Å². The smallest absolute Gasteiger partial charge is 0.321 e. The maximum atomic E-state index is 12.4. The number of nitrogens with zero attached hydrogens (tertiary/aromatic N) is 1. The van der Waals surface area contributed by atoms with Crippen LogP contribution in [0.4, 0.5) is 4.79 Å². The number of rotatable bonds is 3. The van der Waals surface area contributed by atoms with Gasteiger partial charge in [0.1, 0.15) is 0 Å². The van der Waals surface area contributed by atoms with E-state index in [4.69, 9.17) is 0 Å². The molecule has 1 saturated heterocycles. The predicted octanol–water partition coefficient (Wildman–Crippen LogP) is 2.76. The first-order valence-electron chi connectivity index (χ1n) is 10.2. The van der Waals surface area contributed by atoms with Crippen LogP contribution in [0, 0.1) is 29.6 Å². The Morgan fingerprint density at radius 2 is 1.44 bits per heavy atom. The third kappa shape index (κ3) is 3.86. The molecule has 140 valence electrons. The van der Waals surface area contributed by atoms with Gasteiger partial charge >= 0.3 is 6.03 Å². The summed E-state index contributed by atoms with van der Waals surface area (Å²) >= 11 is 0. The van der Waals surface area contributed by atoms with Crippen LogP contribution < -0.4 is 10.6 Å². The standard InChI is InChI=1S/C20H33N3O2/c1-13-3-14(2)11-23(10-13)12-18(24)21-19(25)22-20-7-15-4-16(8-20)6-17(5-15)9-20/h13-17H,3-12H2,1-2H3,(H2,21,22,24,25)/t13-,14+,15?,16?,17?,20?. The number of nitrogens with one attached hydrogen (secondary N) is 2. The average molecular weight is 348 g/mol. The van der Waals surface area contributed by atoms with Gasteiger partial charge in [0.15, 0.2) is 0 Å². The van der Waals surface area contributed by atoms with Crippen LogP contribution in [0.3, 0.4) is 0 Å². The second-order valence-corrected chi connectivity index (χ2v) is 9.84. The van der Waals surface area contributed by atoms with E-state index in [-0.39, 0.29) is 17.5 Å². The molecule has 0 aromatic rings. The van der Waals surface area contributed by atoms with Gasteiger partial charge in [0.25, 0.3) is 0 Å². The summed E-state index contributed by atoms with van der Waals surface area (Å²) < 4.78 is 0. The van der Waals surface area contributed by atoms with Crippen LogP contribution in [-0.4, -0.2) is 42.0 Å². The fourth-order valence-electron chi connectivity index (χ4n) is 6.83. The van der Waals surface area contributed by atoms with Crippen LogP contribution in [0.1, 0.15) is 58.8 Å². The number of carbonyl (C=O) groups is 2. The van der Waals surface area contributed by atoms with Gasteiger partial charge in [0, 0.05) is 18.6 Å². The summed E-state index contributed by atoms with van der Waals surface area (Å²) in [7, 11) is 0. The Bertz CT molecular complexity index is 502. The Morgan fingerprint density at radius 3 is 1.96 bits per heavy atom. The molecule has 5 rings (SSSR count). The zero-order valence-electron chi connectivity index (χ0n) is 15.7. The maximum absolute atomic E-state index is 12.4. The second-order valence-electron chi connectivity index (χ2n) is 9.84. The van der Waals surface area contributed by atoms with E-state index in [0.717, 1.165) is 50.1 Å². The fourth-order valence-corrected chi connectivity index (χ4v) is 6.83. The minimum atomic E-state index is -0.273. The van der Waals surface area contributed by atoms with Crippen molar-refractivity contribution in [3.8, 4) is 0 Å². The Labute approximate surface area is 151 Å². The van der Waals surface area contributed by atoms with Crippen molar-refractivity contribution in [3.05, 3.63) is 0 Å². The van der Waals surface area contributed by atoms with Gasteiger partial charge in [-0.2, -0.15) is 0 Å². The predicted molar refractivity (Wildman–Crippen MR) is 97.0 cm³/mol. The molecule has 0 spiro atoms. The monoisotopic (exact) mass is 347 g/mol. The summed E-state index contributed by atoms with van der Waals surface area (Å²) in [5.74, 6) is 3.45. The minimum Gasteiger partial charge on any atom is -0.332 e. The van der Waals surface area contributed by atoms with Crippen molar-refractivity contribution >= 4 is 11.9 Å². The molecule has 5 aliphatic rings. The summed E-state index contributed by atoms with van der Waals surface area (Å²) in [4.78, 5) is 26.9. The van der Waals surface area contributed by atoms with Gasteiger partial charge in [-0.1, -0.05) is 13.8 Å². The van der Waals surface area contributed by atoms with Crippen LogP contribution in [0.25, 0.3) is 0 Å². The van der Waals surface area contributed by atoms with E-state index >= 15 is 0 Å². The highest BCUT2D eigenvalue weighted by molar-refractivity contribution is 5.95. The molecule has 0 unspecified atom stereocenters. The van der Waals surface area contributed by atoms with Crippen molar-refractivity contribution in [2.45, 2.75) is 64.3 Å². The Hall–Kier alpha value is -1.10. The molecular weight excluding hydrogens is 314 g/mol. The van der Waals surface area contributed by atoms with Crippen LogP contribution in [0.2, 0.25) is 0 Å². The van der Waals surface area contributed by atoms with Gasteiger partial charge in [-0.05, 0) is 74.5 Å². The summed E-state index contributed by atoms with van der Waals surface area (Å²) in [6, 6.07) is -0.273. The van der Waals surface area contributed by atoms with Gasteiger partial charge in [-0.3, -0.25) is 15.0 Å². The first kappa shape index (κ1) is 17.3. The van der Waals surface area contributed by atoms with E-state index in [2.05, 4.69) is 29.4 Å². The van der Waals surface area contributed by atoms with Crippen molar-refractivity contribution in [1.29, 1.82) is 0 Å². The van der Waals surface area contributed by atoms with E-state index in [1.807, 2.05) is 0 Å². The lowest BCUT2D eigenvalue weighted by molar-refractivity contribution is -0.121. The van der Waals surface area contributed by atoms with Crippen molar-refractivity contribution in [3.63, 3.8) is 0 Å². The van der Waals surface area contributed by atoms with Crippen molar-refractivity contribution < 1.29 is 9.59 Å². The molecule has 4 aliphatic carbocycles. The van der Waals surface area contributed by atoms with Crippen LogP contribution in [0.5, 0.6) is 0 Å².